The first-order valence-electron chi connectivity index (χ1n) is 7.05. The van der Waals surface area contributed by atoms with Crippen LogP contribution in [0, 0.1) is 6.92 Å². The molecule has 0 radical (unpaired) electrons. The van der Waals surface area contributed by atoms with Gasteiger partial charge in [-0.15, -0.1) is 0 Å². The number of ketones is 1. The number of nitrogens with one attached hydrogen (secondary N) is 1. The first-order chi connectivity index (χ1) is 10.1. The largest absolute Gasteiger partial charge is 0.497 e. The third-order valence-corrected chi connectivity index (χ3v) is 3.40. The Morgan fingerprint density at radius 3 is 2.24 bits per heavy atom. The molecular formula is C18H21NO2. The fraction of sp³-hybridized carbons (Fsp3) is 0.278. The highest BCUT2D eigenvalue weighted by molar-refractivity contribution is 5.77. The van der Waals surface area contributed by atoms with Gasteiger partial charge < -0.3 is 10.1 Å². The fourth-order valence-corrected chi connectivity index (χ4v) is 2.23. The highest BCUT2D eigenvalue weighted by atomic mass is 16.5. The SMILES string of the molecule is COc1ccc(C(CC(C)=O)Nc2ccc(C)cc2)cc1. The molecule has 1 N–H and O–H groups in total. The molecule has 0 saturated carbocycles. The molecule has 2 aromatic carbocycles. The van der Waals surface area contributed by atoms with Crippen molar-refractivity contribution in [1.29, 1.82) is 0 Å². The Hall–Kier alpha value is -2.29. The van der Waals surface area contributed by atoms with Crippen molar-refractivity contribution in [1.82, 2.24) is 0 Å². The summed E-state index contributed by atoms with van der Waals surface area (Å²) < 4.78 is 5.17. The zero-order valence-electron chi connectivity index (χ0n) is 12.7. The van der Waals surface area contributed by atoms with Gasteiger partial charge >= 0.3 is 0 Å². The minimum atomic E-state index is -0.0314. The lowest BCUT2D eigenvalue weighted by atomic mass is 10.0. The van der Waals surface area contributed by atoms with Gasteiger partial charge in [0.25, 0.3) is 0 Å². The van der Waals surface area contributed by atoms with Gasteiger partial charge in [0, 0.05) is 12.1 Å². The first-order valence-corrected chi connectivity index (χ1v) is 7.05. The average Bonchev–Trinajstić information content (AvgIpc) is 2.48. The molecule has 0 aromatic heterocycles. The van der Waals surface area contributed by atoms with Crippen molar-refractivity contribution in [3.8, 4) is 5.75 Å². The van der Waals surface area contributed by atoms with Crippen molar-refractivity contribution in [2.75, 3.05) is 12.4 Å². The average molecular weight is 283 g/mol. The van der Waals surface area contributed by atoms with Gasteiger partial charge in [-0.25, -0.2) is 0 Å². The van der Waals surface area contributed by atoms with Gasteiger partial charge in [0.2, 0.25) is 0 Å². The van der Waals surface area contributed by atoms with Crippen LogP contribution in [0.15, 0.2) is 48.5 Å². The van der Waals surface area contributed by atoms with Gasteiger partial charge in [-0.3, -0.25) is 4.79 Å². The number of hydrogen-bond donors (Lipinski definition) is 1. The van der Waals surface area contributed by atoms with Gasteiger partial charge in [0.15, 0.2) is 0 Å². The van der Waals surface area contributed by atoms with Gasteiger partial charge in [0.05, 0.1) is 13.2 Å². The molecule has 0 aliphatic carbocycles. The van der Waals surface area contributed by atoms with E-state index in [-0.39, 0.29) is 11.8 Å². The summed E-state index contributed by atoms with van der Waals surface area (Å²) in [7, 11) is 1.65. The molecule has 0 saturated heterocycles. The van der Waals surface area contributed by atoms with Crippen molar-refractivity contribution >= 4 is 11.5 Å². The van der Waals surface area contributed by atoms with E-state index < -0.39 is 0 Å². The second-order valence-corrected chi connectivity index (χ2v) is 5.24. The molecule has 21 heavy (non-hydrogen) atoms. The third-order valence-electron chi connectivity index (χ3n) is 3.40. The number of aryl methyl sites for hydroxylation is 1. The lowest BCUT2D eigenvalue weighted by Gasteiger charge is -2.20. The molecule has 2 aromatic rings. The number of anilines is 1. The number of Topliss-reactive ketones (excluding diaryl/α,β-unsaturated/α-hetero) is 1. The second kappa shape index (κ2) is 6.93. The van der Waals surface area contributed by atoms with Crippen molar-refractivity contribution < 1.29 is 9.53 Å². The van der Waals surface area contributed by atoms with E-state index in [1.807, 2.05) is 36.4 Å². The summed E-state index contributed by atoms with van der Waals surface area (Å²) in [5.74, 6) is 0.978. The molecule has 1 unspecified atom stereocenters. The maximum Gasteiger partial charge on any atom is 0.132 e. The van der Waals surface area contributed by atoms with E-state index in [1.54, 1.807) is 14.0 Å². The minimum Gasteiger partial charge on any atom is -0.497 e. The number of carbonyl (C=O) groups is 1. The van der Waals surface area contributed by atoms with Crippen molar-refractivity contribution in [2.45, 2.75) is 26.3 Å². The molecule has 3 heteroatoms. The lowest BCUT2D eigenvalue weighted by molar-refractivity contribution is -0.117. The van der Waals surface area contributed by atoms with Crippen LogP contribution in [0.1, 0.15) is 30.5 Å². The van der Waals surface area contributed by atoms with E-state index in [1.165, 1.54) is 5.56 Å². The van der Waals surface area contributed by atoms with Crippen LogP contribution in [0.25, 0.3) is 0 Å². The molecule has 0 heterocycles. The Morgan fingerprint density at radius 1 is 1.10 bits per heavy atom. The smallest absolute Gasteiger partial charge is 0.132 e. The quantitative estimate of drug-likeness (QED) is 0.866. The van der Waals surface area contributed by atoms with E-state index in [0.29, 0.717) is 6.42 Å². The van der Waals surface area contributed by atoms with E-state index >= 15 is 0 Å². The van der Waals surface area contributed by atoms with Crippen molar-refractivity contribution in [2.24, 2.45) is 0 Å². The van der Waals surface area contributed by atoms with Crippen molar-refractivity contribution in [3.63, 3.8) is 0 Å². The molecular weight excluding hydrogens is 262 g/mol. The summed E-state index contributed by atoms with van der Waals surface area (Å²) in [4.78, 5) is 11.5. The van der Waals surface area contributed by atoms with E-state index in [4.69, 9.17) is 4.74 Å². The second-order valence-electron chi connectivity index (χ2n) is 5.24. The lowest BCUT2D eigenvalue weighted by Crippen LogP contribution is -2.14. The van der Waals surface area contributed by atoms with Gasteiger partial charge in [-0.05, 0) is 43.7 Å². The number of methoxy groups -OCH3 is 1. The summed E-state index contributed by atoms with van der Waals surface area (Å²) in [5.41, 5.74) is 3.31. The van der Waals surface area contributed by atoms with Crippen LogP contribution in [0.2, 0.25) is 0 Å². The molecule has 0 aliphatic heterocycles. The predicted molar refractivity (Wildman–Crippen MR) is 85.8 cm³/mol. The summed E-state index contributed by atoms with van der Waals surface area (Å²) >= 11 is 0. The molecule has 0 bridgehead atoms. The minimum absolute atomic E-state index is 0.0314. The Balaban J connectivity index is 2.20. The molecule has 3 nitrogen and oxygen atoms in total. The number of carbonyl (C=O) groups excluding carboxylic acids is 1. The number of rotatable bonds is 6. The molecule has 0 amide bonds. The van der Waals surface area contributed by atoms with E-state index in [2.05, 4.69) is 24.4 Å². The zero-order valence-corrected chi connectivity index (χ0v) is 12.7. The zero-order chi connectivity index (χ0) is 15.2. The maximum absolute atomic E-state index is 11.5. The molecule has 1 atom stereocenters. The number of hydrogen-bond acceptors (Lipinski definition) is 3. The molecule has 110 valence electrons. The maximum atomic E-state index is 11.5. The van der Waals surface area contributed by atoms with E-state index in [0.717, 1.165) is 17.0 Å². The molecule has 2 rings (SSSR count). The van der Waals surface area contributed by atoms with Crippen LogP contribution in [0.3, 0.4) is 0 Å². The summed E-state index contributed by atoms with van der Waals surface area (Å²) in [6.45, 7) is 3.67. The fourth-order valence-electron chi connectivity index (χ4n) is 2.23. The van der Waals surface area contributed by atoms with Gasteiger partial charge in [0.1, 0.15) is 11.5 Å². The molecule has 0 spiro atoms. The Labute approximate surface area is 126 Å². The highest BCUT2D eigenvalue weighted by Crippen LogP contribution is 2.25. The highest BCUT2D eigenvalue weighted by Gasteiger charge is 2.14. The Kier molecular flexibility index (Phi) is 4.99. The number of ether oxygens (including phenoxy) is 1. The molecule has 0 aliphatic rings. The van der Waals surface area contributed by atoms with Crippen LogP contribution < -0.4 is 10.1 Å². The number of benzene rings is 2. The normalized spacial score (nSPS) is 11.8. The predicted octanol–water partition coefficient (Wildman–Crippen LogP) is 4.14. The van der Waals surface area contributed by atoms with Crippen LogP contribution in [-0.2, 0) is 4.79 Å². The standard InChI is InChI=1S/C18H21NO2/c1-13-4-8-16(9-5-13)19-18(12-14(2)20)15-6-10-17(21-3)11-7-15/h4-11,18-19H,12H2,1-3H3. The Bertz CT molecular complexity index is 588. The van der Waals surface area contributed by atoms with E-state index in [9.17, 15) is 4.79 Å². The van der Waals surface area contributed by atoms with Gasteiger partial charge in [-0.2, -0.15) is 0 Å². The summed E-state index contributed by atoms with van der Waals surface area (Å²) in [6.07, 6.45) is 0.459. The third kappa shape index (κ3) is 4.35. The van der Waals surface area contributed by atoms with Crippen LogP contribution in [0.4, 0.5) is 5.69 Å². The first kappa shape index (κ1) is 15.1. The Morgan fingerprint density at radius 2 is 1.71 bits per heavy atom. The van der Waals surface area contributed by atoms with Crippen LogP contribution in [0.5, 0.6) is 5.75 Å². The van der Waals surface area contributed by atoms with Crippen molar-refractivity contribution in [3.05, 3.63) is 59.7 Å². The summed E-state index contributed by atoms with van der Waals surface area (Å²) in [6, 6.07) is 16.0. The van der Waals surface area contributed by atoms with Crippen LogP contribution in [-0.4, -0.2) is 12.9 Å². The topological polar surface area (TPSA) is 38.3 Å². The summed E-state index contributed by atoms with van der Waals surface area (Å²) in [5, 5.41) is 3.43. The molecule has 0 fully saturated rings. The van der Waals surface area contributed by atoms with Gasteiger partial charge in [-0.1, -0.05) is 29.8 Å². The van der Waals surface area contributed by atoms with Crippen LogP contribution >= 0.6 is 0 Å². The monoisotopic (exact) mass is 283 g/mol.